The Hall–Kier alpha value is -6.69. The molecule has 4 fully saturated rings. The molecule has 0 N–H and O–H groups in total. The number of pyridine rings is 3. The summed E-state index contributed by atoms with van der Waals surface area (Å²) in [4.78, 5) is 20.1. The van der Waals surface area contributed by atoms with E-state index in [1.54, 1.807) is 26.5 Å². The molecule has 12 heteroatoms. The highest BCUT2D eigenvalue weighted by Gasteiger charge is 2.30. The second kappa shape index (κ2) is 25.6. The number of nitrogens with zero attached hydrogens (tertiary/aromatic N) is 5. The summed E-state index contributed by atoms with van der Waals surface area (Å²) in [5, 5.41) is 18.9. The van der Waals surface area contributed by atoms with Gasteiger partial charge in [-0.3, -0.25) is 19.4 Å². The van der Waals surface area contributed by atoms with Crippen LogP contribution in [0.5, 0.6) is 28.7 Å². The number of benzene rings is 3. The highest BCUT2D eigenvalue weighted by atomic mass is 16.5. The summed E-state index contributed by atoms with van der Waals surface area (Å²) in [5.74, 6) is 6.87. The van der Waals surface area contributed by atoms with Crippen molar-refractivity contribution < 1.29 is 33.2 Å². The summed E-state index contributed by atoms with van der Waals surface area (Å²) >= 11 is 0. The van der Waals surface area contributed by atoms with Crippen LogP contribution in [0.3, 0.4) is 0 Å². The Morgan fingerprint density at radius 2 is 1.14 bits per heavy atom. The van der Waals surface area contributed by atoms with Gasteiger partial charge >= 0.3 is 0 Å². The number of fused-ring (bicyclic) bond motifs is 3. The monoisotopic (exact) mass is 1050 g/mol. The van der Waals surface area contributed by atoms with Crippen molar-refractivity contribution in [3.63, 3.8) is 0 Å². The quantitative estimate of drug-likeness (QED) is 0.0765. The summed E-state index contributed by atoms with van der Waals surface area (Å²) in [6.07, 6.45) is 19.9. The molecule has 4 heterocycles. The number of hydrogen-bond acceptors (Lipinski definition) is 10. The molecule has 0 spiro atoms. The Morgan fingerprint density at radius 1 is 0.571 bits per heavy atom. The molecule has 4 aromatic heterocycles. The number of aromatic nitrogens is 5. The molecule has 5 aliphatic carbocycles. The van der Waals surface area contributed by atoms with E-state index in [1.165, 1.54) is 59.5 Å². The number of rotatable bonds is 14. The van der Waals surface area contributed by atoms with Gasteiger partial charge in [-0.05, 0) is 158 Å². The fraction of sp³-hybridized carbons (Fsp3) is 0.492. The second-order valence-electron chi connectivity index (χ2n) is 22.9. The molecular formula is C65H83N5O7. The zero-order valence-electron chi connectivity index (χ0n) is 47.8. The van der Waals surface area contributed by atoms with Gasteiger partial charge in [0.05, 0.1) is 50.2 Å². The van der Waals surface area contributed by atoms with E-state index >= 15 is 0 Å². The van der Waals surface area contributed by atoms with E-state index < -0.39 is 0 Å². The Kier molecular flexibility index (Phi) is 18.8. The van der Waals surface area contributed by atoms with E-state index in [0.717, 1.165) is 87.7 Å². The van der Waals surface area contributed by atoms with Crippen LogP contribution in [0.15, 0.2) is 97.6 Å². The van der Waals surface area contributed by atoms with Crippen LogP contribution in [0.2, 0.25) is 0 Å². The van der Waals surface area contributed by atoms with Crippen LogP contribution in [-0.4, -0.2) is 58.1 Å². The number of aryl methyl sites for hydroxylation is 1. The Bertz CT molecular complexity index is 3080. The first-order valence-electron chi connectivity index (χ1n) is 28.3. The average Bonchev–Trinajstić information content (AvgIpc) is 4.18. The minimum Gasteiger partial charge on any atom is -0.618 e. The molecule has 0 saturated heterocycles. The van der Waals surface area contributed by atoms with Crippen molar-refractivity contribution in [3.8, 4) is 28.7 Å². The van der Waals surface area contributed by atoms with Gasteiger partial charge in [0.2, 0.25) is 0 Å². The lowest BCUT2D eigenvalue weighted by Gasteiger charge is -2.21. The topological polar surface area (TPSA) is 134 Å². The average molecular weight is 1050 g/mol. The smallest absolute Gasteiger partial charge is 0.266 e. The van der Waals surface area contributed by atoms with Crippen LogP contribution in [0.25, 0.3) is 21.8 Å². The van der Waals surface area contributed by atoms with E-state index in [-0.39, 0.29) is 0 Å². The minimum absolute atomic E-state index is 0.302. The summed E-state index contributed by atoms with van der Waals surface area (Å²) in [6.45, 7) is 21.6. The van der Waals surface area contributed by atoms with E-state index in [0.29, 0.717) is 83.8 Å². The third-order valence-corrected chi connectivity index (χ3v) is 14.4. The summed E-state index contributed by atoms with van der Waals surface area (Å²) in [6, 6.07) is 25.3. The highest BCUT2D eigenvalue weighted by Crippen LogP contribution is 2.40. The zero-order valence-corrected chi connectivity index (χ0v) is 47.8. The summed E-state index contributed by atoms with van der Waals surface area (Å²) < 4.78 is 31.2. The van der Waals surface area contributed by atoms with Crippen LogP contribution in [0, 0.1) is 5.21 Å². The van der Waals surface area contributed by atoms with E-state index in [4.69, 9.17) is 28.8 Å². The number of carbonyl (C=O) groups is 1. The van der Waals surface area contributed by atoms with Crippen LogP contribution >= 0.6 is 0 Å². The van der Waals surface area contributed by atoms with Crippen LogP contribution < -0.4 is 28.4 Å². The van der Waals surface area contributed by atoms with Crippen molar-refractivity contribution in [2.24, 2.45) is 0 Å². The molecule has 7 aromatic rings. The van der Waals surface area contributed by atoms with Gasteiger partial charge in [0.1, 0.15) is 22.8 Å². The third-order valence-electron chi connectivity index (χ3n) is 14.4. The van der Waals surface area contributed by atoms with Gasteiger partial charge in [-0.25, -0.2) is 0 Å². The molecule has 0 bridgehead atoms. The number of methoxy groups -OCH3 is 2. The van der Waals surface area contributed by atoms with Crippen molar-refractivity contribution in [3.05, 3.63) is 142 Å². The van der Waals surface area contributed by atoms with Gasteiger partial charge in [-0.15, -0.1) is 0 Å². The molecule has 12 nitrogen and oxygen atoms in total. The standard InChI is InChI=1S/C16H20N2O.C16H20O2.C15H17NO2.C10H15NO2.C8H11N/c1-10(2)11-7-12-9-18(13-3-4-13)17-16(12)15(8-11)19-14-5-6-14;1-10(2)12-7-11-3-4-13(17)9-15(11)16(8-12)18-14-5-6-14;1-10(2)12-8-11-4-3-7-16(17)15(11)14(9-12)18-13-5-6-13;1-7(2)8-5-9(12-3)10(13-4)6-11-8;1-7(2)8-5-3-4-6-9-8/h7-10,13-14H,3-6H2,1-2H3;7-8,10,14H,3-6,9H2,1-2H3;3-4,7-10,13H,5-6H2,1-2H3;5-7H,1-4H3;3-7H,1-2H3. The molecule has 3 aromatic carbocycles. The van der Waals surface area contributed by atoms with Crippen molar-refractivity contribution in [1.29, 1.82) is 0 Å². The molecule has 0 atom stereocenters. The van der Waals surface area contributed by atoms with Crippen molar-refractivity contribution in [1.82, 2.24) is 19.7 Å². The molecule has 4 saturated carbocycles. The fourth-order valence-electron chi connectivity index (χ4n) is 8.86. The largest absolute Gasteiger partial charge is 0.618 e. The van der Waals surface area contributed by atoms with Gasteiger partial charge < -0.3 is 28.9 Å². The first-order valence-corrected chi connectivity index (χ1v) is 28.3. The van der Waals surface area contributed by atoms with Crippen LogP contribution in [-0.2, 0) is 17.6 Å². The van der Waals surface area contributed by atoms with Crippen LogP contribution in [0.1, 0.15) is 202 Å². The SMILES string of the molecule is CC(C)c1cc(OC2CC2)c2c(ccc[n+]2[O-])c1.CC(C)c1cc(OC2CC2)c2nn(C3CC3)cc2c1.CC(C)c1cc2c(c(OC3CC3)c1)CC(=O)CC2.CC(C)c1ccccn1.COc1cnc(C(C)C)cc1OC. The van der Waals surface area contributed by atoms with E-state index in [1.807, 2.05) is 42.6 Å². The van der Waals surface area contributed by atoms with Gasteiger partial charge in [-0.2, -0.15) is 9.83 Å². The Balaban J connectivity index is 0.000000130. The van der Waals surface area contributed by atoms with Gasteiger partial charge in [-0.1, -0.05) is 81.4 Å². The second-order valence-corrected chi connectivity index (χ2v) is 22.9. The maximum absolute atomic E-state index is 11.9. The number of ether oxygens (including phenoxy) is 5. The molecule has 12 rings (SSSR count). The van der Waals surface area contributed by atoms with Crippen molar-refractivity contribution in [2.45, 2.75) is 194 Å². The minimum atomic E-state index is 0.302. The lowest BCUT2D eigenvalue weighted by atomic mass is 9.87. The fourth-order valence-corrected chi connectivity index (χ4v) is 8.86. The molecule has 77 heavy (non-hydrogen) atoms. The normalized spacial score (nSPS) is 15.7. The lowest BCUT2D eigenvalue weighted by Crippen LogP contribution is -2.26. The molecule has 0 amide bonds. The number of carbonyl (C=O) groups excluding carboxylic acids is 1. The highest BCUT2D eigenvalue weighted by molar-refractivity contribution is 5.86. The molecule has 5 aliphatic rings. The summed E-state index contributed by atoms with van der Waals surface area (Å²) in [7, 11) is 3.23. The Morgan fingerprint density at radius 3 is 1.69 bits per heavy atom. The van der Waals surface area contributed by atoms with Crippen molar-refractivity contribution in [2.75, 3.05) is 14.2 Å². The van der Waals surface area contributed by atoms with Gasteiger partial charge in [0, 0.05) is 59.7 Å². The molecular weight excluding hydrogens is 963 g/mol. The third kappa shape index (κ3) is 15.7. The summed E-state index contributed by atoms with van der Waals surface area (Å²) in [5.41, 5.74) is 10.2. The first-order chi connectivity index (χ1) is 37.0. The van der Waals surface area contributed by atoms with Gasteiger partial charge in [0.15, 0.2) is 23.4 Å². The lowest BCUT2D eigenvalue weighted by molar-refractivity contribution is -0.577. The Labute approximate surface area is 457 Å². The number of hydrogen-bond donors (Lipinski definition) is 0. The zero-order chi connectivity index (χ0) is 54.9. The molecule has 410 valence electrons. The van der Waals surface area contributed by atoms with Crippen LogP contribution in [0.4, 0.5) is 0 Å². The number of Topliss-reactive ketones (excluding diaryl/α,β-unsaturated/α-hetero) is 1. The molecule has 0 radical (unpaired) electrons. The predicted molar refractivity (Wildman–Crippen MR) is 307 cm³/mol. The van der Waals surface area contributed by atoms with Crippen molar-refractivity contribution >= 4 is 27.6 Å². The maximum Gasteiger partial charge on any atom is 0.266 e. The van der Waals surface area contributed by atoms with E-state index in [2.05, 4.69) is 120 Å². The predicted octanol–water partition coefficient (Wildman–Crippen LogP) is 15.0. The first kappa shape index (κ1) is 56.5. The molecule has 0 unspecified atom stereocenters. The maximum atomic E-state index is 11.9. The van der Waals surface area contributed by atoms with Gasteiger partial charge in [0.25, 0.3) is 5.52 Å². The number of ketones is 1. The molecule has 0 aliphatic heterocycles. The van der Waals surface area contributed by atoms with E-state index in [9.17, 15) is 10.0 Å².